The molecule has 1 heterocycles. The average molecular weight is 278 g/mol. The summed E-state index contributed by atoms with van der Waals surface area (Å²) in [7, 11) is 0. The summed E-state index contributed by atoms with van der Waals surface area (Å²) >= 11 is 1.89. The number of hydrogen-bond acceptors (Lipinski definition) is 2. The van der Waals surface area contributed by atoms with Crippen molar-refractivity contribution in [2.45, 2.75) is 65.4 Å². The molecule has 0 aromatic carbocycles. The second kappa shape index (κ2) is 4.08. The second-order valence-corrected chi connectivity index (χ2v) is 8.73. The van der Waals surface area contributed by atoms with Gasteiger partial charge in [0.25, 0.3) is 0 Å². The van der Waals surface area contributed by atoms with Crippen LogP contribution in [0.1, 0.15) is 56.7 Å². The smallest absolute Gasteiger partial charge is 0.0802 e. The first-order valence-corrected chi connectivity index (χ1v) is 8.44. The van der Waals surface area contributed by atoms with E-state index in [1.165, 1.54) is 29.0 Å². The number of hydrogen-bond donors (Lipinski definition) is 1. The Morgan fingerprint density at radius 1 is 1.26 bits per heavy atom. The maximum atomic E-state index is 11.5. The minimum absolute atomic E-state index is 0.0520. The predicted molar refractivity (Wildman–Crippen MR) is 81.6 cm³/mol. The zero-order valence-electron chi connectivity index (χ0n) is 12.6. The van der Waals surface area contributed by atoms with Crippen LogP contribution in [0.4, 0.5) is 0 Å². The van der Waals surface area contributed by atoms with Crippen molar-refractivity contribution in [1.29, 1.82) is 0 Å². The quantitative estimate of drug-likeness (QED) is 0.867. The number of rotatable bonds is 3. The molecule has 3 rings (SSSR count). The van der Waals surface area contributed by atoms with Gasteiger partial charge in [-0.25, -0.2) is 0 Å². The summed E-state index contributed by atoms with van der Waals surface area (Å²) in [6, 6.07) is 4.46. The van der Waals surface area contributed by atoms with Gasteiger partial charge in [0, 0.05) is 16.2 Å². The highest BCUT2D eigenvalue weighted by molar-refractivity contribution is 7.12. The minimum atomic E-state index is -0.529. The highest BCUT2D eigenvalue weighted by atomic mass is 32.1. The van der Waals surface area contributed by atoms with Gasteiger partial charge in [0.1, 0.15) is 0 Å². The molecule has 0 saturated heterocycles. The zero-order chi connectivity index (χ0) is 13.9. The molecule has 2 aliphatic rings. The predicted octanol–water partition coefficient (Wildman–Crippen LogP) is 4.43. The van der Waals surface area contributed by atoms with Gasteiger partial charge in [-0.05, 0) is 54.6 Å². The SMILES string of the molecule is CCc1ccc(CC2(O)C3(C)CCC(C3)C2(C)C)s1. The van der Waals surface area contributed by atoms with Gasteiger partial charge in [-0.2, -0.15) is 0 Å². The van der Waals surface area contributed by atoms with E-state index < -0.39 is 5.60 Å². The number of aliphatic hydroxyl groups is 1. The van der Waals surface area contributed by atoms with Crippen LogP contribution < -0.4 is 0 Å². The van der Waals surface area contributed by atoms with Crippen LogP contribution in [0.2, 0.25) is 0 Å². The van der Waals surface area contributed by atoms with Crippen LogP contribution >= 0.6 is 11.3 Å². The summed E-state index contributed by atoms with van der Waals surface area (Å²) in [4.78, 5) is 2.80. The summed E-state index contributed by atoms with van der Waals surface area (Å²) in [5.41, 5.74) is -0.354. The van der Waals surface area contributed by atoms with Gasteiger partial charge in [-0.3, -0.25) is 0 Å². The molecule has 1 aromatic rings. The molecule has 3 unspecified atom stereocenters. The molecule has 2 aliphatic carbocycles. The van der Waals surface area contributed by atoms with Crippen molar-refractivity contribution in [3.63, 3.8) is 0 Å². The first-order chi connectivity index (χ1) is 8.82. The van der Waals surface area contributed by atoms with Crippen molar-refractivity contribution in [2.24, 2.45) is 16.7 Å². The van der Waals surface area contributed by atoms with Crippen LogP contribution in [0.3, 0.4) is 0 Å². The van der Waals surface area contributed by atoms with Crippen LogP contribution in [0.5, 0.6) is 0 Å². The van der Waals surface area contributed by atoms with E-state index in [4.69, 9.17) is 0 Å². The summed E-state index contributed by atoms with van der Waals surface area (Å²) in [6.45, 7) is 9.09. The Morgan fingerprint density at radius 2 is 1.95 bits per heavy atom. The van der Waals surface area contributed by atoms with Gasteiger partial charge in [0.2, 0.25) is 0 Å². The maximum absolute atomic E-state index is 11.5. The van der Waals surface area contributed by atoms with Crippen molar-refractivity contribution in [1.82, 2.24) is 0 Å². The molecule has 0 radical (unpaired) electrons. The maximum Gasteiger partial charge on any atom is 0.0802 e. The standard InChI is InChI=1S/C17H26OS/c1-5-13-6-7-14(19-13)11-17(18)15(2,3)12-8-9-16(17,4)10-12/h6-7,12,18H,5,8-11H2,1-4H3. The van der Waals surface area contributed by atoms with E-state index in [0.29, 0.717) is 5.92 Å². The third kappa shape index (κ3) is 1.69. The van der Waals surface area contributed by atoms with Crippen LogP contribution in [-0.4, -0.2) is 10.7 Å². The lowest BCUT2D eigenvalue weighted by Crippen LogP contribution is -2.55. The normalized spacial score (nSPS) is 39.9. The molecular weight excluding hydrogens is 252 g/mol. The zero-order valence-corrected chi connectivity index (χ0v) is 13.4. The Bertz CT molecular complexity index is 482. The number of fused-ring (bicyclic) bond motifs is 2. The largest absolute Gasteiger partial charge is 0.388 e. The van der Waals surface area contributed by atoms with Gasteiger partial charge in [-0.15, -0.1) is 11.3 Å². The van der Waals surface area contributed by atoms with E-state index in [1.807, 2.05) is 11.3 Å². The van der Waals surface area contributed by atoms with Crippen LogP contribution in [0.25, 0.3) is 0 Å². The van der Waals surface area contributed by atoms with E-state index in [0.717, 1.165) is 12.8 Å². The van der Waals surface area contributed by atoms with Crippen LogP contribution in [0.15, 0.2) is 12.1 Å². The fraction of sp³-hybridized carbons (Fsp3) is 0.765. The van der Waals surface area contributed by atoms with Gasteiger partial charge in [-0.1, -0.05) is 27.7 Å². The van der Waals surface area contributed by atoms with Gasteiger partial charge in [0.05, 0.1) is 5.60 Å². The topological polar surface area (TPSA) is 20.2 Å². The van der Waals surface area contributed by atoms with Gasteiger partial charge < -0.3 is 5.11 Å². The Balaban J connectivity index is 1.93. The molecule has 2 fully saturated rings. The summed E-state index contributed by atoms with van der Waals surface area (Å²) in [5.74, 6) is 0.702. The highest BCUT2D eigenvalue weighted by Gasteiger charge is 2.68. The van der Waals surface area contributed by atoms with Gasteiger partial charge in [0.15, 0.2) is 0 Å². The lowest BCUT2D eigenvalue weighted by atomic mass is 9.59. The van der Waals surface area contributed by atoms with E-state index in [9.17, 15) is 5.11 Å². The molecule has 0 amide bonds. The van der Waals surface area contributed by atoms with E-state index in [-0.39, 0.29) is 10.8 Å². The van der Waals surface area contributed by atoms with E-state index >= 15 is 0 Å². The molecular formula is C17H26OS. The molecule has 1 nitrogen and oxygen atoms in total. The fourth-order valence-electron chi connectivity index (χ4n) is 4.75. The Labute approximate surface area is 121 Å². The monoisotopic (exact) mass is 278 g/mol. The van der Waals surface area contributed by atoms with Crippen molar-refractivity contribution < 1.29 is 5.11 Å². The third-order valence-electron chi connectivity index (χ3n) is 6.32. The minimum Gasteiger partial charge on any atom is -0.388 e. The number of thiophene rings is 1. The molecule has 2 heteroatoms. The molecule has 0 spiro atoms. The third-order valence-corrected chi connectivity index (χ3v) is 7.55. The van der Waals surface area contributed by atoms with Gasteiger partial charge >= 0.3 is 0 Å². The fourth-order valence-corrected chi connectivity index (χ4v) is 5.78. The molecule has 106 valence electrons. The van der Waals surface area contributed by atoms with E-state index in [1.54, 1.807) is 0 Å². The first kappa shape index (κ1) is 13.6. The summed E-state index contributed by atoms with van der Waals surface area (Å²) in [5, 5.41) is 11.5. The van der Waals surface area contributed by atoms with E-state index in [2.05, 4.69) is 39.8 Å². The number of aryl methyl sites for hydroxylation is 1. The molecule has 0 aliphatic heterocycles. The van der Waals surface area contributed by atoms with Crippen LogP contribution in [0, 0.1) is 16.7 Å². The lowest BCUT2D eigenvalue weighted by Gasteiger charge is -2.50. The summed E-state index contributed by atoms with van der Waals surface area (Å²) in [6.07, 6.45) is 5.66. The molecule has 2 saturated carbocycles. The van der Waals surface area contributed by atoms with Crippen molar-refractivity contribution in [2.75, 3.05) is 0 Å². The molecule has 3 atom stereocenters. The Morgan fingerprint density at radius 3 is 2.47 bits per heavy atom. The lowest BCUT2D eigenvalue weighted by molar-refractivity contribution is -0.141. The van der Waals surface area contributed by atoms with Crippen molar-refractivity contribution >= 4 is 11.3 Å². The molecule has 19 heavy (non-hydrogen) atoms. The molecule has 2 bridgehead atoms. The average Bonchev–Trinajstić information content (AvgIpc) is 2.98. The van der Waals surface area contributed by atoms with Crippen molar-refractivity contribution in [3.05, 3.63) is 21.9 Å². The Hall–Kier alpha value is -0.340. The summed E-state index contributed by atoms with van der Waals surface area (Å²) < 4.78 is 0. The first-order valence-electron chi connectivity index (χ1n) is 7.62. The van der Waals surface area contributed by atoms with Crippen LogP contribution in [-0.2, 0) is 12.8 Å². The Kier molecular flexibility index (Phi) is 2.93. The van der Waals surface area contributed by atoms with Crippen molar-refractivity contribution in [3.8, 4) is 0 Å². The molecule has 1 aromatic heterocycles. The molecule has 1 N–H and O–H groups in total. The second-order valence-electron chi connectivity index (χ2n) is 7.48. The highest BCUT2D eigenvalue weighted by Crippen LogP contribution is 2.68.